The van der Waals surface area contributed by atoms with E-state index in [1.807, 2.05) is 20.8 Å². The van der Waals surface area contributed by atoms with Crippen molar-refractivity contribution in [1.29, 1.82) is 5.26 Å². The second kappa shape index (κ2) is 7.22. The molecular weight excluding hydrogens is 448 g/mol. The van der Waals surface area contributed by atoms with Crippen molar-refractivity contribution in [3.63, 3.8) is 0 Å². The first-order valence-corrected chi connectivity index (χ1v) is 11.9. The van der Waals surface area contributed by atoms with Gasteiger partial charge in [-0.25, -0.2) is 14.8 Å². The molecule has 1 fully saturated rings. The van der Waals surface area contributed by atoms with Crippen LogP contribution < -0.4 is 10.6 Å². The van der Waals surface area contributed by atoms with Gasteiger partial charge < -0.3 is 20.3 Å². The minimum atomic E-state index is -0.554. The molecule has 168 valence electrons. The van der Waals surface area contributed by atoms with Crippen LogP contribution in [0, 0.1) is 11.3 Å². The number of nitrogen functional groups attached to an aromatic ring is 1. The number of hydrogen-bond acceptors (Lipinski definition) is 8. The Morgan fingerprint density at radius 1 is 1.31 bits per heavy atom. The summed E-state index contributed by atoms with van der Waals surface area (Å²) in [5.41, 5.74) is 9.04. The topological polar surface area (TPSA) is 108 Å². The van der Waals surface area contributed by atoms with Crippen molar-refractivity contribution in [2.24, 2.45) is 0 Å². The van der Waals surface area contributed by atoms with Gasteiger partial charge in [-0.1, -0.05) is 0 Å². The summed E-state index contributed by atoms with van der Waals surface area (Å²) >= 11 is 7.81. The predicted molar refractivity (Wildman–Crippen MR) is 123 cm³/mol. The number of halogens is 1. The number of aryl methyl sites for hydroxylation is 1. The Labute approximate surface area is 195 Å². The Morgan fingerprint density at radius 3 is 2.75 bits per heavy atom. The summed E-state index contributed by atoms with van der Waals surface area (Å²) < 4.78 is 5.56. The van der Waals surface area contributed by atoms with Crippen LogP contribution in [0.5, 0.6) is 0 Å². The largest absolute Gasteiger partial charge is 0.444 e. The summed E-state index contributed by atoms with van der Waals surface area (Å²) in [5.74, 6) is 0.772. The maximum atomic E-state index is 12.7. The smallest absolute Gasteiger partial charge is 0.410 e. The van der Waals surface area contributed by atoms with Crippen molar-refractivity contribution in [2.45, 2.75) is 57.6 Å². The Hall–Kier alpha value is -2.57. The van der Waals surface area contributed by atoms with Crippen molar-refractivity contribution in [2.75, 3.05) is 30.3 Å². The van der Waals surface area contributed by atoms with Crippen molar-refractivity contribution >= 4 is 39.8 Å². The lowest BCUT2D eigenvalue weighted by Gasteiger charge is -2.50. The van der Waals surface area contributed by atoms with Gasteiger partial charge in [0, 0.05) is 41.9 Å². The van der Waals surface area contributed by atoms with Gasteiger partial charge in [-0.05, 0) is 50.8 Å². The minimum Gasteiger partial charge on any atom is -0.444 e. The lowest BCUT2D eigenvalue weighted by atomic mass is 9.73. The van der Waals surface area contributed by atoms with Gasteiger partial charge in [0.15, 0.2) is 0 Å². The van der Waals surface area contributed by atoms with E-state index in [0.717, 1.165) is 48.6 Å². The molecule has 3 aliphatic rings. The van der Waals surface area contributed by atoms with Crippen LogP contribution in [0.3, 0.4) is 0 Å². The van der Waals surface area contributed by atoms with Crippen molar-refractivity contribution in [1.82, 2.24) is 14.9 Å². The molecule has 4 heterocycles. The normalized spacial score (nSPS) is 18.7. The predicted octanol–water partition coefficient (Wildman–Crippen LogP) is 3.64. The zero-order chi connectivity index (χ0) is 22.8. The first-order valence-electron chi connectivity index (χ1n) is 10.7. The number of amides is 1. The summed E-state index contributed by atoms with van der Waals surface area (Å²) in [6.07, 6.45) is 2.23. The van der Waals surface area contributed by atoms with Crippen LogP contribution in [0.1, 0.15) is 54.5 Å². The Kier molecular flexibility index (Phi) is 4.80. The standard InChI is InChI=1S/C22H25ClN6O2S/c1-21(2,3)31-20(30)28-7-5-14-13(9-28)18(27-19(23)26-14)29-10-22(11-29)6-4-15-16(22)12(8-24)17(25)32-15/h4-7,9-11,25H2,1-3H3. The van der Waals surface area contributed by atoms with Gasteiger partial charge in [0.05, 0.1) is 17.8 Å². The van der Waals surface area contributed by atoms with Crippen LogP contribution in [0.15, 0.2) is 0 Å². The molecule has 1 amide bonds. The molecule has 0 radical (unpaired) electrons. The Balaban J connectivity index is 1.42. The third kappa shape index (κ3) is 3.37. The molecule has 32 heavy (non-hydrogen) atoms. The highest BCUT2D eigenvalue weighted by Crippen LogP contribution is 2.52. The number of nitriles is 1. The Morgan fingerprint density at radius 2 is 2.06 bits per heavy atom. The van der Waals surface area contributed by atoms with E-state index in [9.17, 15) is 10.1 Å². The molecule has 0 atom stereocenters. The third-order valence-corrected chi connectivity index (χ3v) is 7.68. The maximum absolute atomic E-state index is 12.7. The average Bonchev–Trinajstić information content (AvgIpc) is 3.19. The number of carbonyl (C=O) groups excluding carboxylic acids is 1. The van der Waals surface area contributed by atoms with Crippen LogP contribution in [0.4, 0.5) is 15.6 Å². The third-order valence-electron chi connectivity index (χ3n) is 6.43. The molecule has 0 bridgehead atoms. The highest BCUT2D eigenvalue weighted by atomic mass is 35.5. The number of anilines is 2. The van der Waals surface area contributed by atoms with E-state index >= 15 is 0 Å². The van der Waals surface area contributed by atoms with Gasteiger partial charge in [0.1, 0.15) is 22.5 Å². The SMILES string of the molecule is CC(C)(C)OC(=O)N1CCc2nc(Cl)nc(N3CC4(CCc5sc(N)c(C#N)c54)C3)c2C1. The van der Waals surface area contributed by atoms with Gasteiger partial charge in [0.25, 0.3) is 0 Å². The molecule has 1 spiro atoms. The fourth-order valence-electron chi connectivity index (χ4n) is 5.08. The van der Waals surface area contributed by atoms with Crippen LogP contribution in [-0.4, -0.2) is 46.2 Å². The number of ether oxygens (including phenoxy) is 1. The molecule has 0 saturated carbocycles. The minimum absolute atomic E-state index is 0.0711. The van der Waals surface area contributed by atoms with E-state index in [1.165, 1.54) is 4.88 Å². The van der Waals surface area contributed by atoms with E-state index in [2.05, 4.69) is 20.9 Å². The summed E-state index contributed by atoms with van der Waals surface area (Å²) in [7, 11) is 0. The molecule has 5 rings (SSSR count). The number of fused-ring (bicyclic) bond motifs is 3. The molecule has 1 saturated heterocycles. The molecule has 0 aromatic carbocycles. The number of aromatic nitrogens is 2. The number of rotatable bonds is 1. The molecular formula is C22H25ClN6O2S. The fourth-order valence-corrected chi connectivity index (χ4v) is 6.41. The van der Waals surface area contributed by atoms with Gasteiger partial charge in [-0.3, -0.25) is 0 Å². The number of thiophene rings is 1. The monoisotopic (exact) mass is 472 g/mol. The number of nitrogens with zero attached hydrogens (tertiary/aromatic N) is 5. The second-order valence-corrected chi connectivity index (χ2v) is 11.3. The number of nitrogens with two attached hydrogens (primary N) is 1. The molecule has 0 unspecified atom stereocenters. The molecule has 2 N–H and O–H groups in total. The quantitative estimate of drug-likeness (QED) is 0.631. The van der Waals surface area contributed by atoms with Crippen molar-refractivity contribution in [3.8, 4) is 6.07 Å². The molecule has 1 aliphatic carbocycles. The second-order valence-electron chi connectivity index (χ2n) is 9.78. The van der Waals surface area contributed by atoms with E-state index in [-0.39, 0.29) is 16.8 Å². The van der Waals surface area contributed by atoms with Gasteiger partial charge >= 0.3 is 6.09 Å². The highest BCUT2D eigenvalue weighted by Gasteiger charge is 2.52. The van der Waals surface area contributed by atoms with Crippen LogP contribution in [0.2, 0.25) is 5.28 Å². The molecule has 8 nitrogen and oxygen atoms in total. The zero-order valence-corrected chi connectivity index (χ0v) is 19.9. The van der Waals surface area contributed by atoms with Gasteiger partial charge in [0.2, 0.25) is 5.28 Å². The maximum Gasteiger partial charge on any atom is 0.410 e. The van der Waals surface area contributed by atoms with Crippen LogP contribution in [-0.2, 0) is 29.5 Å². The van der Waals surface area contributed by atoms with Crippen molar-refractivity contribution in [3.05, 3.63) is 32.5 Å². The highest BCUT2D eigenvalue weighted by molar-refractivity contribution is 7.16. The molecule has 2 aromatic rings. The average molecular weight is 473 g/mol. The number of hydrogen-bond donors (Lipinski definition) is 1. The number of carbonyl (C=O) groups is 1. The van der Waals surface area contributed by atoms with Crippen LogP contribution in [0.25, 0.3) is 0 Å². The van der Waals surface area contributed by atoms with Crippen molar-refractivity contribution < 1.29 is 9.53 Å². The first-order chi connectivity index (χ1) is 15.1. The van der Waals surface area contributed by atoms with E-state index in [0.29, 0.717) is 30.1 Å². The van der Waals surface area contributed by atoms with Gasteiger partial charge in [-0.15, -0.1) is 11.3 Å². The lowest BCUT2D eigenvalue weighted by Crippen LogP contribution is -2.59. The lowest BCUT2D eigenvalue weighted by molar-refractivity contribution is 0.0222. The molecule has 2 aliphatic heterocycles. The summed E-state index contributed by atoms with van der Waals surface area (Å²) in [4.78, 5) is 26.8. The fraction of sp³-hybridized carbons (Fsp3) is 0.545. The summed E-state index contributed by atoms with van der Waals surface area (Å²) in [6.45, 7) is 7.99. The summed E-state index contributed by atoms with van der Waals surface area (Å²) in [5, 5.41) is 10.5. The Bertz CT molecular complexity index is 1160. The molecule has 10 heteroatoms. The van der Waals surface area contributed by atoms with Gasteiger partial charge in [-0.2, -0.15) is 5.26 Å². The van der Waals surface area contributed by atoms with Crippen LogP contribution >= 0.6 is 22.9 Å². The first kappa shape index (κ1) is 21.3. The van der Waals surface area contributed by atoms with E-state index in [4.69, 9.17) is 22.1 Å². The zero-order valence-electron chi connectivity index (χ0n) is 18.4. The molecule has 2 aromatic heterocycles. The van der Waals surface area contributed by atoms with E-state index in [1.54, 1.807) is 16.2 Å². The summed E-state index contributed by atoms with van der Waals surface area (Å²) in [6, 6.07) is 2.31. The van der Waals surface area contributed by atoms with E-state index < -0.39 is 5.60 Å².